The van der Waals surface area contributed by atoms with Gasteiger partial charge in [0.05, 0.1) is 23.5 Å². The molecule has 0 radical (unpaired) electrons. The Kier molecular flexibility index (Phi) is 6.61. The van der Waals surface area contributed by atoms with Crippen molar-refractivity contribution in [3.05, 3.63) is 77.2 Å². The average Bonchev–Trinajstić information content (AvgIpc) is 3.15. The molecule has 2 heterocycles. The molecule has 7 nitrogen and oxygen atoms in total. The minimum atomic E-state index is -4.51. The Bertz CT molecular complexity index is 1100. The van der Waals surface area contributed by atoms with Crippen LogP contribution in [0.4, 0.5) is 13.2 Å². The maximum Gasteiger partial charge on any atom is 0.417 e. The van der Waals surface area contributed by atoms with Gasteiger partial charge in [0.25, 0.3) is 5.91 Å². The minimum Gasteiger partial charge on any atom is -0.449 e. The van der Waals surface area contributed by atoms with E-state index in [1.165, 1.54) is 17.8 Å². The summed E-state index contributed by atoms with van der Waals surface area (Å²) in [7, 11) is 0. The number of aromatic nitrogens is 3. The van der Waals surface area contributed by atoms with Crippen molar-refractivity contribution in [3.63, 3.8) is 0 Å². The number of rotatable bonds is 6. The predicted molar refractivity (Wildman–Crippen MR) is 109 cm³/mol. The molecule has 0 aliphatic carbocycles. The van der Waals surface area contributed by atoms with Crippen LogP contribution in [0.2, 0.25) is 0 Å². The normalized spacial score (nSPS) is 13.3. The van der Waals surface area contributed by atoms with Gasteiger partial charge in [-0.2, -0.15) is 18.3 Å². The number of benzene rings is 1. The van der Waals surface area contributed by atoms with Crippen LogP contribution in [0.5, 0.6) is 0 Å². The molecular weight excluding hydrogens is 425 g/mol. The fraction of sp³-hybridized carbons (Fsp3) is 0.273. The zero-order chi connectivity index (χ0) is 23.5. The summed E-state index contributed by atoms with van der Waals surface area (Å²) in [5.74, 6) is -1.14. The lowest BCUT2D eigenvalue weighted by molar-refractivity contribution is -0.137. The molecule has 2 atom stereocenters. The van der Waals surface area contributed by atoms with Crippen LogP contribution in [0.3, 0.4) is 0 Å². The Morgan fingerprint density at radius 3 is 2.34 bits per heavy atom. The molecular formula is C22H21F3N4O3. The molecule has 0 bridgehead atoms. The number of nitrogens with zero attached hydrogens (tertiary/aromatic N) is 3. The number of halogens is 3. The van der Waals surface area contributed by atoms with Gasteiger partial charge in [0.15, 0.2) is 11.9 Å². The van der Waals surface area contributed by atoms with E-state index in [0.717, 1.165) is 17.7 Å². The third-order valence-electron chi connectivity index (χ3n) is 4.83. The topological polar surface area (TPSA) is 86.1 Å². The molecule has 1 N–H and O–H groups in total. The van der Waals surface area contributed by atoms with Crippen LogP contribution in [-0.4, -0.2) is 32.7 Å². The van der Waals surface area contributed by atoms with Gasteiger partial charge >= 0.3 is 12.1 Å². The predicted octanol–water partition coefficient (Wildman–Crippen LogP) is 4.02. The van der Waals surface area contributed by atoms with Gasteiger partial charge in [0, 0.05) is 6.20 Å². The van der Waals surface area contributed by atoms with E-state index in [2.05, 4.69) is 15.4 Å². The number of amides is 1. The van der Waals surface area contributed by atoms with Gasteiger partial charge in [-0.05, 0) is 38.5 Å². The number of pyridine rings is 1. The third-order valence-corrected chi connectivity index (χ3v) is 4.83. The van der Waals surface area contributed by atoms with Gasteiger partial charge in [-0.1, -0.05) is 30.3 Å². The molecule has 3 rings (SSSR count). The number of ether oxygens (including phenoxy) is 1. The summed E-state index contributed by atoms with van der Waals surface area (Å²) >= 11 is 0. The highest BCUT2D eigenvalue weighted by molar-refractivity contribution is 5.93. The van der Waals surface area contributed by atoms with Gasteiger partial charge in [0.2, 0.25) is 0 Å². The van der Waals surface area contributed by atoms with Crippen molar-refractivity contribution in [2.75, 3.05) is 0 Å². The second-order valence-corrected chi connectivity index (χ2v) is 7.15. The number of alkyl halides is 3. The van der Waals surface area contributed by atoms with Crippen molar-refractivity contribution in [3.8, 4) is 5.82 Å². The fourth-order valence-corrected chi connectivity index (χ4v) is 2.95. The van der Waals surface area contributed by atoms with Crippen LogP contribution in [-0.2, 0) is 15.7 Å². The van der Waals surface area contributed by atoms with E-state index in [1.807, 2.05) is 37.3 Å². The summed E-state index contributed by atoms with van der Waals surface area (Å²) in [6, 6.07) is 11.1. The Hall–Kier alpha value is -3.69. The molecule has 1 amide bonds. The third kappa shape index (κ3) is 5.13. The van der Waals surface area contributed by atoms with E-state index >= 15 is 0 Å². The van der Waals surface area contributed by atoms with Gasteiger partial charge in [-0.3, -0.25) is 4.79 Å². The average molecular weight is 446 g/mol. The van der Waals surface area contributed by atoms with E-state index in [4.69, 9.17) is 4.74 Å². The van der Waals surface area contributed by atoms with Gasteiger partial charge in [0.1, 0.15) is 5.56 Å². The van der Waals surface area contributed by atoms with Crippen molar-refractivity contribution >= 4 is 11.9 Å². The Morgan fingerprint density at radius 2 is 1.75 bits per heavy atom. The lowest BCUT2D eigenvalue weighted by Crippen LogP contribution is -2.37. The highest BCUT2D eigenvalue weighted by atomic mass is 19.4. The number of hydrogen-bond acceptors (Lipinski definition) is 5. The van der Waals surface area contributed by atoms with Crippen LogP contribution in [0.25, 0.3) is 5.82 Å². The lowest BCUT2D eigenvalue weighted by Gasteiger charge is -2.18. The van der Waals surface area contributed by atoms with E-state index in [0.29, 0.717) is 11.9 Å². The standard InChI is InChI=1S/C22H21F3N4O3/c1-13(16-7-5-4-6-8-16)28-20(30)15(3)32-21(31)18-12-27-29(14(18)2)19-10-9-17(11-26-19)22(23,24)25/h4-13,15H,1-3H3,(H,28,30)/t13-,15+/m1/s1. The zero-order valence-corrected chi connectivity index (χ0v) is 17.6. The quantitative estimate of drug-likeness (QED) is 0.578. The molecule has 0 fully saturated rings. The van der Waals surface area contributed by atoms with Crippen molar-refractivity contribution in [1.29, 1.82) is 0 Å². The maximum atomic E-state index is 12.7. The number of carbonyl (C=O) groups excluding carboxylic acids is 2. The van der Waals surface area contributed by atoms with Crippen molar-refractivity contribution in [1.82, 2.24) is 20.1 Å². The molecule has 0 unspecified atom stereocenters. The molecule has 32 heavy (non-hydrogen) atoms. The summed E-state index contributed by atoms with van der Waals surface area (Å²) in [6.07, 6.45) is -3.67. The summed E-state index contributed by atoms with van der Waals surface area (Å²) in [5, 5.41) is 6.79. The van der Waals surface area contributed by atoms with E-state index in [1.54, 1.807) is 6.92 Å². The molecule has 0 saturated carbocycles. The van der Waals surface area contributed by atoms with E-state index in [-0.39, 0.29) is 17.4 Å². The smallest absolute Gasteiger partial charge is 0.417 e. The summed E-state index contributed by atoms with van der Waals surface area (Å²) in [4.78, 5) is 28.7. The second kappa shape index (κ2) is 9.21. The molecule has 0 aliphatic heterocycles. The maximum absolute atomic E-state index is 12.7. The Balaban J connectivity index is 1.67. The molecule has 1 aromatic carbocycles. The molecule has 10 heteroatoms. The van der Waals surface area contributed by atoms with Crippen LogP contribution < -0.4 is 5.32 Å². The van der Waals surface area contributed by atoms with Crippen LogP contribution in [0.15, 0.2) is 54.9 Å². The second-order valence-electron chi connectivity index (χ2n) is 7.15. The molecule has 0 saturated heterocycles. The first kappa shape index (κ1) is 23.0. The van der Waals surface area contributed by atoms with Crippen LogP contribution in [0, 0.1) is 6.92 Å². The number of nitrogens with one attached hydrogen (secondary N) is 1. The summed E-state index contributed by atoms with van der Waals surface area (Å²) in [6.45, 7) is 4.81. The lowest BCUT2D eigenvalue weighted by atomic mass is 10.1. The highest BCUT2D eigenvalue weighted by Crippen LogP contribution is 2.29. The van der Waals surface area contributed by atoms with E-state index in [9.17, 15) is 22.8 Å². The molecule has 3 aromatic rings. The summed E-state index contributed by atoms with van der Waals surface area (Å²) < 4.78 is 44.6. The van der Waals surface area contributed by atoms with Crippen molar-refractivity contribution in [2.24, 2.45) is 0 Å². The highest BCUT2D eigenvalue weighted by Gasteiger charge is 2.31. The number of esters is 1. The SMILES string of the molecule is Cc1c(C(=O)O[C@@H](C)C(=O)N[C@H](C)c2ccccc2)cnn1-c1ccc(C(F)(F)F)cn1. The Labute approximate surface area is 182 Å². The Morgan fingerprint density at radius 1 is 1.06 bits per heavy atom. The minimum absolute atomic E-state index is 0.0717. The summed E-state index contributed by atoms with van der Waals surface area (Å²) in [5.41, 5.74) is 0.394. The molecule has 168 valence electrons. The number of carbonyl (C=O) groups is 2. The first-order valence-corrected chi connectivity index (χ1v) is 9.72. The van der Waals surface area contributed by atoms with Gasteiger partial charge < -0.3 is 10.1 Å². The first-order valence-electron chi connectivity index (χ1n) is 9.72. The van der Waals surface area contributed by atoms with Gasteiger partial charge in [-0.15, -0.1) is 0 Å². The molecule has 0 spiro atoms. The van der Waals surface area contributed by atoms with Crippen LogP contribution >= 0.6 is 0 Å². The van der Waals surface area contributed by atoms with Gasteiger partial charge in [-0.25, -0.2) is 14.5 Å². The molecule has 0 aliphatic rings. The van der Waals surface area contributed by atoms with E-state index < -0.39 is 29.7 Å². The monoisotopic (exact) mass is 446 g/mol. The largest absolute Gasteiger partial charge is 0.449 e. The fourth-order valence-electron chi connectivity index (χ4n) is 2.95. The number of hydrogen-bond donors (Lipinski definition) is 1. The molecule has 2 aromatic heterocycles. The zero-order valence-electron chi connectivity index (χ0n) is 17.6. The van der Waals surface area contributed by atoms with Crippen molar-refractivity contribution < 1.29 is 27.5 Å². The first-order chi connectivity index (χ1) is 15.1. The van der Waals surface area contributed by atoms with Crippen molar-refractivity contribution in [2.45, 2.75) is 39.1 Å². The van der Waals surface area contributed by atoms with Crippen LogP contribution in [0.1, 0.15) is 47.1 Å².